The summed E-state index contributed by atoms with van der Waals surface area (Å²) in [6.45, 7) is 0.724. The largest absolute Gasteiger partial charge is 0.481 e. The molecule has 0 fully saturated rings. The maximum absolute atomic E-state index is 13.6. The van der Waals surface area contributed by atoms with Gasteiger partial charge in [0, 0.05) is 0 Å². The number of rotatable bonds is 3. The molecule has 2 aromatic rings. The normalized spacial score (nSPS) is 13.1. The molecule has 2 aromatic carbocycles. The first-order valence-corrected chi connectivity index (χ1v) is 6.94. The van der Waals surface area contributed by atoms with E-state index >= 15 is 0 Å². The topological polar surface area (TPSA) is 63.6 Å². The van der Waals surface area contributed by atoms with Gasteiger partial charge in [-0.25, -0.2) is 4.79 Å². The molecular weight excluding hydrogens is 325 g/mol. The third kappa shape index (κ3) is 2.62. The van der Waals surface area contributed by atoms with Gasteiger partial charge in [0.15, 0.2) is 12.0 Å². The van der Waals surface area contributed by atoms with Crippen molar-refractivity contribution in [1.82, 2.24) is 0 Å². The van der Waals surface area contributed by atoms with Crippen molar-refractivity contribution in [2.45, 2.75) is 13.1 Å². The van der Waals surface area contributed by atoms with Crippen LogP contribution < -0.4 is 10.2 Å². The lowest BCUT2D eigenvalue weighted by atomic mass is 10.00. The van der Waals surface area contributed by atoms with Crippen LogP contribution in [0.5, 0.6) is 5.75 Å². The van der Waals surface area contributed by atoms with Gasteiger partial charge in [-0.15, -0.1) is 0 Å². The summed E-state index contributed by atoms with van der Waals surface area (Å²) in [6, 6.07) is 5.08. The second-order valence-electron chi connectivity index (χ2n) is 5.43. The van der Waals surface area contributed by atoms with E-state index in [1.165, 1.54) is 24.3 Å². The maximum atomic E-state index is 13.6. The zero-order valence-electron chi connectivity index (χ0n) is 12.4. The lowest BCUT2D eigenvalue weighted by molar-refractivity contribution is -0.143. The van der Waals surface area contributed by atoms with Crippen molar-refractivity contribution in [1.29, 1.82) is 0 Å². The number of benzene rings is 1. The Balaban J connectivity index is 2.41. The van der Waals surface area contributed by atoms with Gasteiger partial charge in [0.1, 0.15) is 11.3 Å². The number of carbonyl (C=O) groups is 1. The van der Waals surface area contributed by atoms with Crippen molar-refractivity contribution >= 4 is 28.4 Å². The van der Waals surface area contributed by atoms with Crippen molar-refractivity contribution < 1.29 is 27.8 Å². The van der Waals surface area contributed by atoms with Crippen LogP contribution in [-0.4, -0.2) is 17.7 Å². The molecule has 0 saturated carbocycles. The quantitative estimate of drug-likeness (QED) is 0.931. The molecule has 24 heavy (non-hydrogen) atoms. The molecule has 0 aliphatic heterocycles. The van der Waals surface area contributed by atoms with Crippen LogP contribution in [0.15, 0.2) is 29.1 Å². The van der Waals surface area contributed by atoms with Gasteiger partial charge in [0.05, 0.1) is 0 Å². The second-order valence-corrected chi connectivity index (χ2v) is 5.43. The van der Waals surface area contributed by atoms with Crippen molar-refractivity contribution in [2.24, 2.45) is 0 Å². The first-order valence-electron chi connectivity index (χ1n) is 6.94. The van der Waals surface area contributed by atoms with E-state index in [1.807, 2.05) is 0 Å². The van der Waals surface area contributed by atoms with E-state index in [4.69, 9.17) is 9.84 Å². The second kappa shape index (κ2) is 5.36. The molecule has 0 unspecified atom stereocenters. The van der Waals surface area contributed by atoms with E-state index < -0.39 is 30.1 Å². The fourth-order valence-corrected chi connectivity index (χ4v) is 2.86. The Labute approximate surface area is 133 Å². The summed E-state index contributed by atoms with van der Waals surface area (Å²) in [6.07, 6.45) is -3.39. The Morgan fingerprint density at radius 2 is 1.96 bits per heavy atom. The molecule has 0 amide bonds. The molecule has 4 nitrogen and oxygen atoms in total. The molecule has 1 aliphatic rings. The smallest absolute Gasteiger partial charge is 0.420 e. The Bertz CT molecular complexity index is 959. The van der Waals surface area contributed by atoms with Crippen LogP contribution in [0.1, 0.15) is 23.6 Å². The highest BCUT2D eigenvalue weighted by Crippen LogP contribution is 2.47. The van der Waals surface area contributed by atoms with Crippen LogP contribution in [0.2, 0.25) is 0 Å². The lowest BCUT2D eigenvalue weighted by Gasteiger charge is -2.16. The summed E-state index contributed by atoms with van der Waals surface area (Å²) >= 11 is 0. The zero-order valence-corrected chi connectivity index (χ0v) is 12.4. The monoisotopic (exact) mass is 336 g/mol. The molecule has 0 atom stereocenters. The van der Waals surface area contributed by atoms with E-state index in [2.05, 4.69) is 0 Å². The predicted octanol–water partition coefficient (Wildman–Crippen LogP) is 3.56. The minimum Gasteiger partial charge on any atom is -0.481 e. The maximum Gasteiger partial charge on any atom is 0.420 e. The Morgan fingerprint density at radius 1 is 1.25 bits per heavy atom. The highest BCUT2D eigenvalue weighted by molar-refractivity contribution is 6.10. The average molecular weight is 336 g/mol. The summed E-state index contributed by atoms with van der Waals surface area (Å²) in [7, 11) is 0. The molecule has 124 valence electrons. The summed E-state index contributed by atoms with van der Waals surface area (Å²) in [4.78, 5) is 22.4. The van der Waals surface area contributed by atoms with Gasteiger partial charge in [0.25, 0.3) is 0 Å². The minimum atomic E-state index is -4.73. The first kappa shape index (κ1) is 16.0. The van der Waals surface area contributed by atoms with Crippen molar-refractivity contribution in [3.05, 3.63) is 51.2 Å². The van der Waals surface area contributed by atoms with Gasteiger partial charge in [-0.2, -0.15) is 13.2 Å². The summed E-state index contributed by atoms with van der Waals surface area (Å²) in [5.41, 5.74) is -0.505. The number of halogens is 3. The van der Waals surface area contributed by atoms with Crippen LogP contribution in [0.25, 0.3) is 22.4 Å². The highest BCUT2D eigenvalue weighted by atomic mass is 19.4. The van der Waals surface area contributed by atoms with Gasteiger partial charge in [-0.1, -0.05) is 12.1 Å². The van der Waals surface area contributed by atoms with Crippen molar-refractivity contribution in [3.63, 3.8) is 0 Å². The third-order valence-electron chi connectivity index (χ3n) is 3.76. The molecule has 7 heteroatoms. The standard InChI is InChI=1S/C17H11F3O4/c1-8-4-12-15-9(2-3-10(21)6-11(8)15)5-13(24-7-14(22)23)16(12)17(18,19)20/h2-6H,7H2,1H3,(H,22,23). The Kier molecular flexibility index (Phi) is 3.59. The number of hydrogen-bond acceptors (Lipinski definition) is 3. The molecule has 1 N–H and O–H groups in total. The van der Waals surface area contributed by atoms with Crippen molar-refractivity contribution in [2.75, 3.05) is 6.61 Å². The predicted molar refractivity (Wildman–Crippen MR) is 81.9 cm³/mol. The summed E-state index contributed by atoms with van der Waals surface area (Å²) in [5, 5.41) is 9.37. The minimum absolute atomic E-state index is 0.108. The van der Waals surface area contributed by atoms with Crippen LogP contribution in [-0.2, 0) is 11.0 Å². The number of carboxylic acid groups (broad SMARTS) is 1. The Hall–Kier alpha value is -2.83. The van der Waals surface area contributed by atoms with Crippen LogP contribution >= 0.6 is 0 Å². The molecule has 3 rings (SSSR count). The molecule has 0 aromatic heterocycles. The highest BCUT2D eigenvalue weighted by Gasteiger charge is 2.39. The molecule has 0 saturated heterocycles. The average Bonchev–Trinajstić information content (AvgIpc) is 2.66. The van der Waals surface area contributed by atoms with Crippen LogP contribution in [0.4, 0.5) is 13.2 Å². The van der Waals surface area contributed by atoms with Gasteiger partial charge in [0.2, 0.25) is 0 Å². The van der Waals surface area contributed by atoms with E-state index in [0.717, 1.165) is 6.07 Å². The van der Waals surface area contributed by atoms with Gasteiger partial charge in [-0.3, -0.25) is 4.79 Å². The molecule has 0 heterocycles. The fourth-order valence-electron chi connectivity index (χ4n) is 2.86. The first-order chi connectivity index (χ1) is 11.2. The fraction of sp³-hybridized carbons (Fsp3) is 0.176. The lowest BCUT2D eigenvalue weighted by Crippen LogP contribution is -2.15. The zero-order chi connectivity index (χ0) is 17.6. The van der Waals surface area contributed by atoms with Gasteiger partial charge < -0.3 is 9.84 Å². The molecule has 1 aliphatic carbocycles. The SMILES string of the molecule is CC1=Cc2c(C(F)(F)F)c(OCC(=O)O)cc3ccc(=O)cc1c23. The van der Waals surface area contributed by atoms with E-state index in [-0.39, 0.29) is 11.0 Å². The number of ether oxygens (including phenoxy) is 1. The number of carboxylic acids is 1. The van der Waals surface area contributed by atoms with E-state index in [0.29, 0.717) is 21.9 Å². The summed E-state index contributed by atoms with van der Waals surface area (Å²) < 4.78 is 45.5. The van der Waals surface area contributed by atoms with E-state index in [9.17, 15) is 22.8 Å². The molecular formula is C17H11F3O4. The molecule has 0 radical (unpaired) electrons. The molecule has 0 spiro atoms. The Morgan fingerprint density at radius 3 is 2.58 bits per heavy atom. The van der Waals surface area contributed by atoms with Gasteiger partial charge >= 0.3 is 12.1 Å². The number of alkyl halides is 3. The summed E-state index contributed by atoms with van der Waals surface area (Å²) in [5.74, 6) is -1.95. The number of allylic oxidation sites excluding steroid dienone is 1. The number of hydrogen-bond donors (Lipinski definition) is 1. The molecule has 0 bridgehead atoms. The third-order valence-corrected chi connectivity index (χ3v) is 3.76. The van der Waals surface area contributed by atoms with Crippen LogP contribution in [0, 0.1) is 0 Å². The van der Waals surface area contributed by atoms with Crippen LogP contribution in [0.3, 0.4) is 0 Å². The number of aliphatic carboxylic acids is 1. The van der Waals surface area contributed by atoms with Crippen molar-refractivity contribution in [3.8, 4) is 5.75 Å². The van der Waals surface area contributed by atoms with E-state index in [1.54, 1.807) is 6.92 Å². The van der Waals surface area contributed by atoms with Gasteiger partial charge in [-0.05, 0) is 52.6 Å².